The first kappa shape index (κ1) is 16.9. The van der Waals surface area contributed by atoms with E-state index >= 15 is 0 Å². The lowest BCUT2D eigenvalue weighted by atomic mass is 9.49. The highest BCUT2D eigenvalue weighted by atomic mass is 16.2. The second-order valence-electron chi connectivity index (χ2n) is 9.02. The van der Waals surface area contributed by atoms with Gasteiger partial charge in [-0.2, -0.15) is 5.26 Å². The molecule has 136 valence electrons. The van der Waals surface area contributed by atoms with E-state index in [1.807, 2.05) is 4.90 Å². The van der Waals surface area contributed by atoms with Gasteiger partial charge in [-0.05, 0) is 69.1 Å². The topological polar surface area (TPSA) is 64.4 Å². The van der Waals surface area contributed by atoms with E-state index in [0.717, 1.165) is 56.4 Å². The van der Waals surface area contributed by atoms with Gasteiger partial charge in [0.15, 0.2) is 0 Å². The summed E-state index contributed by atoms with van der Waals surface area (Å²) in [5, 5.41) is 8.75. The molecule has 1 atom stereocenters. The maximum atomic E-state index is 13.6. The number of nitrogens with zero attached hydrogens (tertiary/aromatic N) is 3. The van der Waals surface area contributed by atoms with Gasteiger partial charge in [0.25, 0.3) is 0 Å². The van der Waals surface area contributed by atoms with E-state index in [4.69, 9.17) is 5.26 Å². The first-order valence-electron chi connectivity index (χ1n) is 9.95. The zero-order valence-corrected chi connectivity index (χ0v) is 15.2. The Morgan fingerprint density at radius 3 is 2.32 bits per heavy atom. The van der Waals surface area contributed by atoms with Crippen LogP contribution in [0.15, 0.2) is 0 Å². The molecule has 4 aliphatic carbocycles. The minimum Gasteiger partial charge on any atom is -0.343 e. The van der Waals surface area contributed by atoms with Gasteiger partial charge in [-0.3, -0.25) is 9.59 Å². The summed E-state index contributed by atoms with van der Waals surface area (Å²) in [5.41, 5.74) is -0.164. The summed E-state index contributed by atoms with van der Waals surface area (Å²) in [7, 11) is 1.76. The van der Waals surface area contributed by atoms with Crippen LogP contribution in [0.3, 0.4) is 0 Å². The van der Waals surface area contributed by atoms with Crippen LogP contribution in [-0.2, 0) is 9.59 Å². The summed E-state index contributed by atoms with van der Waals surface area (Å²) in [6.45, 7) is 1.17. The third-order valence-corrected chi connectivity index (χ3v) is 7.23. The average Bonchev–Trinajstić information content (AvgIpc) is 3.06. The third-order valence-electron chi connectivity index (χ3n) is 7.23. The number of carbonyl (C=O) groups excluding carboxylic acids is 2. The molecule has 5 aliphatic rings. The summed E-state index contributed by atoms with van der Waals surface area (Å²) in [6.07, 6.45) is 9.17. The molecule has 5 nitrogen and oxygen atoms in total. The van der Waals surface area contributed by atoms with Crippen LogP contribution in [0.2, 0.25) is 0 Å². The molecule has 5 fully saturated rings. The molecule has 0 aromatic rings. The summed E-state index contributed by atoms with van der Waals surface area (Å²) in [6, 6.07) is 1.79. The Bertz CT molecular complexity index is 573. The van der Waals surface area contributed by atoms with Gasteiger partial charge in [0.1, 0.15) is 6.04 Å². The van der Waals surface area contributed by atoms with Gasteiger partial charge < -0.3 is 9.80 Å². The molecule has 5 heteroatoms. The SMILES string of the molecule is CN(CCC#N)C(=O)C1CCCN1C(=O)C12CC3CC(CC(C3)C1)C2. The summed E-state index contributed by atoms with van der Waals surface area (Å²) >= 11 is 0. The molecule has 2 amide bonds. The van der Waals surface area contributed by atoms with Crippen molar-refractivity contribution in [1.29, 1.82) is 5.26 Å². The van der Waals surface area contributed by atoms with Crippen molar-refractivity contribution >= 4 is 11.8 Å². The van der Waals surface area contributed by atoms with Gasteiger partial charge in [0.2, 0.25) is 11.8 Å². The number of carbonyl (C=O) groups is 2. The number of hydrogen-bond acceptors (Lipinski definition) is 3. The van der Waals surface area contributed by atoms with Gasteiger partial charge in [-0.15, -0.1) is 0 Å². The summed E-state index contributed by atoms with van der Waals surface area (Å²) in [4.78, 5) is 29.9. The fourth-order valence-corrected chi connectivity index (χ4v) is 6.53. The van der Waals surface area contributed by atoms with Crippen molar-refractivity contribution in [3.63, 3.8) is 0 Å². The molecule has 4 saturated carbocycles. The molecule has 5 rings (SSSR count). The molecule has 1 unspecified atom stereocenters. The van der Waals surface area contributed by atoms with Crippen molar-refractivity contribution in [2.75, 3.05) is 20.1 Å². The van der Waals surface area contributed by atoms with Crippen molar-refractivity contribution in [1.82, 2.24) is 9.80 Å². The Balaban J connectivity index is 1.50. The van der Waals surface area contributed by atoms with E-state index in [1.54, 1.807) is 11.9 Å². The molecule has 0 N–H and O–H groups in total. The molecular formula is C20H29N3O2. The standard InChI is InChI=1S/C20H29N3O2/c1-22(6-3-5-21)18(24)17-4-2-7-23(17)19(25)20-11-14-8-15(12-20)10-16(9-14)13-20/h14-17H,2-4,6-13H2,1H3. The molecule has 0 spiro atoms. The molecule has 4 bridgehead atoms. The number of likely N-dealkylation sites (N-methyl/N-ethyl adjacent to an activating group) is 1. The zero-order chi connectivity index (χ0) is 17.6. The minimum absolute atomic E-state index is 0.0193. The van der Waals surface area contributed by atoms with E-state index in [-0.39, 0.29) is 23.3 Å². The van der Waals surface area contributed by atoms with E-state index in [2.05, 4.69) is 6.07 Å². The zero-order valence-electron chi connectivity index (χ0n) is 15.2. The van der Waals surface area contributed by atoms with E-state index in [1.165, 1.54) is 19.3 Å². The quantitative estimate of drug-likeness (QED) is 0.788. The Morgan fingerprint density at radius 1 is 1.16 bits per heavy atom. The predicted octanol–water partition coefficient (Wildman–Crippen LogP) is 2.57. The molecule has 25 heavy (non-hydrogen) atoms. The molecular weight excluding hydrogens is 314 g/mol. The normalized spacial score (nSPS) is 38.6. The fraction of sp³-hybridized carbons (Fsp3) is 0.850. The van der Waals surface area contributed by atoms with Gasteiger partial charge in [0.05, 0.1) is 17.9 Å². The highest BCUT2D eigenvalue weighted by molar-refractivity contribution is 5.91. The third kappa shape index (κ3) is 2.84. The average molecular weight is 343 g/mol. The Labute approximate surface area is 150 Å². The van der Waals surface area contributed by atoms with E-state index in [0.29, 0.717) is 13.0 Å². The Kier molecular flexibility index (Phi) is 4.25. The molecule has 0 aromatic heterocycles. The Morgan fingerprint density at radius 2 is 1.76 bits per heavy atom. The number of likely N-dealkylation sites (tertiary alicyclic amines) is 1. The van der Waals surface area contributed by atoms with Crippen LogP contribution >= 0.6 is 0 Å². The molecule has 0 radical (unpaired) electrons. The highest BCUT2D eigenvalue weighted by Gasteiger charge is 2.56. The Hall–Kier alpha value is -1.57. The van der Waals surface area contributed by atoms with Crippen LogP contribution < -0.4 is 0 Å². The smallest absolute Gasteiger partial charge is 0.245 e. The van der Waals surface area contributed by atoms with Crippen LogP contribution in [0.25, 0.3) is 0 Å². The summed E-state index contributed by atoms with van der Waals surface area (Å²) in [5.74, 6) is 2.52. The van der Waals surface area contributed by atoms with Crippen molar-refractivity contribution in [2.45, 2.75) is 63.8 Å². The van der Waals surface area contributed by atoms with Gasteiger partial charge in [-0.1, -0.05) is 0 Å². The highest BCUT2D eigenvalue weighted by Crippen LogP contribution is 2.60. The second kappa shape index (κ2) is 6.30. The first-order chi connectivity index (χ1) is 12.0. The van der Waals surface area contributed by atoms with Crippen molar-refractivity contribution in [2.24, 2.45) is 23.2 Å². The molecule has 1 aliphatic heterocycles. The second-order valence-corrected chi connectivity index (χ2v) is 9.02. The molecule has 1 heterocycles. The lowest BCUT2D eigenvalue weighted by Crippen LogP contribution is -2.57. The number of hydrogen-bond donors (Lipinski definition) is 0. The van der Waals surface area contributed by atoms with Crippen LogP contribution in [0.1, 0.15) is 57.8 Å². The van der Waals surface area contributed by atoms with Crippen LogP contribution in [0, 0.1) is 34.5 Å². The van der Waals surface area contributed by atoms with Gasteiger partial charge >= 0.3 is 0 Å². The van der Waals surface area contributed by atoms with Crippen molar-refractivity contribution in [3.8, 4) is 6.07 Å². The van der Waals surface area contributed by atoms with Crippen molar-refractivity contribution in [3.05, 3.63) is 0 Å². The van der Waals surface area contributed by atoms with Gasteiger partial charge in [0, 0.05) is 20.1 Å². The van der Waals surface area contributed by atoms with Crippen LogP contribution in [0.4, 0.5) is 0 Å². The minimum atomic E-state index is -0.302. The number of amides is 2. The number of nitriles is 1. The summed E-state index contributed by atoms with van der Waals surface area (Å²) < 4.78 is 0. The maximum Gasteiger partial charge on any atom is 0.245 e. The lowest BCUT2D eigenvalue weighted by Gasteiger charge is -2.56. The lowest BCUT2D eigenvalue weighted by molar-refractivity contribution is -0.161. The first-order valence-corrected chi connectivity index (χ1v) is 9.95. The maximum absolute atomic E-state index is 13.6. The monoisotopic (exact) mass is 343 g/mol. The van der Waals surface area contributed by atoms with E-state index < -0.39 is 0 Å². The molecule has 0 aromatic carbocycles. The number of rotatable bonds is 4. The van der Waals surface area contributed by atoms with Crippen LogP contribution in [-0.4, -0.2) is 47.8 Å². The predicted molar refractivity (Wildman–Crippen MR) is 93.2 cm³/mol. The largest absolute Gasteiger partial charge is 0.343 e. The van der Waals surface area contributed by atoms with Crippen LogP contribution in [0.5, 0.6) is 0 Å². The van der Waals surface area contributed by atoms with Gasteiger partial charge in [-0.25, -0.2) is 0 Å². The molecule has 1 saturated heterocycles. The van der Waals surface area contributed by atoms with Crippen molar-refractivity contribution < 1.29 is 9.59 Å². The fourth-order valence-electron chi connectivity index (χ4n) is 6.53. The van der Waals surface area contributed by atoms with E-state index in [9.17, 15) is 9.59 Å².